The minimum absolute atomic E-state index is 0.0791. The smallest absolute Gasteiger partial charge is 0.241 e. The first kappa shape index (κ1) is 20.4. The third-order valence-electron chi connectivity index (χ3n) is 4.48. The van der Waals surface area contributed by atoms with Crippen LogP contribution in [0.4, 0.5) is 5.69 Å². The van der Waals surface area contributed by atoms with Crippen LogP contribution in [-0.2, 0) is 14.8 Å². The van der Waals surface area contributed by atoms with E-state index in [0.29, 0.717) is 12.2 Å². The molecule has 8 heteroatoms. The molecule has 1 N–H and O–H groups in total. The molecule has 1 aromatic carbocycles. The van der Waals surface area contributed by atoms with E-state index in [1.165, 1.54) is 18.3 Å². The van der Waals surface area contributed by atoms with Crippen molar-refractivity contribution in [2.75, 3.05) is 11.4 Å². The number of thiophene rings is 1. The van der Waals surface area contributed by atoms with Gasteiger partial charge in [0.05, 0.1) is 16.6 Å². The number of rotatable bonds is 5. The molecule has 0 bridgehead atoms. The van der Waals surface area contributed by atoms with Crippen LogP contribution in [0.5, 0.6) is 0 Å². The van der Waals surface area contributed by atoms with Gasteiger partial charge in [-0.2, -0.15) is 0 Å². The van der Waals surface area contributed by atoms with Gasteiger partial charge >= 0.3 is 0 Å². The quantitative estimate of drug-likeness (QED) is 0.778. The van der Waals surface area contributed by atoms with E-state index in [2.05, 4.69) is 11.6 Å². The van der Waals surface area contributed by atoms with E-state index in [9.17, 15) is 13.2 Å². The highest BCUT2D eigenvalue weighted by Crippen LogP contribution is 2.40. The lowest BCUT2D eigenvalue weighted by Crippen LogP contribution is -2.37. The molecule has 146 valence electrons. The third-order valence-corrected chi connectivity index (χ3v) is 8.02. The average Bonchev–Trinajstić information content (AvgIpc) is 3.12. The lowest BCUT2D eigenvalue weighted by molar-refractivity contribution is -0.116. The predicted octanol–water partition coefficient (Wildman–Crippen LogP) is 4.27. The molecule has 0 aliphatic carbocycles. The van der Waals surface area contributed by atoms with Gasteiger partial charge in [0.25, 0.3) is 0 Å². The van der Waals surface area contributed by atoms with E-state index in [1.54, 1.807) is 34.9 Å². The van der Waals surface area contributed by atoms with Gasteiger partial charge in [-0.25, -0.2) is 13.1 Å². The Morgan fingerprint density at radius 1 is 1.30 bits per heavy atom. The molecule has 0 saturated carbocycles. The third kappa shape index (κ3) is 4.39. The number of nitrogens with zero attached hydrogens (tertiary/aromatic N) is 1. The largest absolute Gasteiger partial charge is 0.310 e. The van der Waals surface area contributed by atoms with Crippen LogP contribution >= 0.6 is 23.1 Å². The summed E-state index contributed by atoms with van der Waals surface area (Å²) in [5.41, 5.74) is 0.672. The van der Waals surface area contributed by atoms with Gasteiger partial charge in [-0.15, -0.1) is 23.1 Å². The Bertz CT molecular complexity index is 924. The number of fused-ring (bicyclic) bond motifs is 1. The second kappa shape index (κ2) is 7.95. The Balaban J connectivity index is 1.96. The summed E-state index contributed by atoms with van der Waals surface area (Å²) >= 11 is 3.20. The normalized spacial score (nSPS) is 18.4. The fourth-order valence-electron chi connectivity index (χ4n) is 3.11. The van der Waals surface area contributed by atoms with E-state index < -0.39 is 10.0 Å². The van der Waals surface area contributed by atoms with Crippen LogP contribution in [0.15, 0.2) is 45.5 Å². The van der Waals surface area contributed by atoms with Gasteiger partial charge in [0.2, 0.25) is 15.9 Å². The Labute approximate surface area is 169 Å². The Morgan fingerprint density at radius 3 is 2.63 bits per heavy atom. The number of benzene rings is 1. The number of hydrogen-bond donors (Lipinski definition) is 1. The first-order chi connectivity index (χ1) is 12.7. The minimum atomic E-state index is -3.72. The van der Waals surface area contributed by atoms with Crippen LogP contribution in [0.3, 0.4) is 0 Å². The second-order valence-electron chi connectivity index (χ2n) is 7.05. The minimum Gasteiger partial charge on any atom is -0.310 e. The molecule has 1 amide bonds. The van der Waals surface area contributed by atoms with E-state index in [1.807, 2.05) is 31.4 Å². The second-order valence-corrected chi connectivity index (χ2v) is 11.2. The summed E-state index contributed by atoms with van der Waals surface area (Å²) in [5, 5.41) is 2.22. The summed E-state index contributed by atoms with van der Waals surface area (Å²) in [6.07, 6.45) is 0. The van der Waals surface area contributed by atoms with Crippen LogP contribution in [-0.4, -0.2) is 26.1 Å². The van der Waals surface area contributed by atoms with Crippen LogP contribution < -0.4 is 9.62 Å². The van der Waals surface area contributed by atoms with E-state index in [4.69, 9.17) is 0 Å². The van der Waals surface area contributed by atoms with Crippen molar-refractivity contribution in [1.29, 1.82) is 0 Å². The maximum absolute atomic E-state index is 13.1. The number of anilines is 1. The summed E-state index contributed by atoms with van der Waals surface area (Å²) in [6, 6.07) is 8.62. The molecular formula is C19H24N2O3S3. The molecule has 1 aromatic heterocycles. The van der Waals surface area contributed by atoms with Crippen LogP contribution in [0, 0.1) is 5.92 Å². The first-order valence-corrected chi connectivity index (χ1v) is 12.1. The molecule has 3 rings (SSSR count). The molecular weight excluding hydrogens is 400 g/mol. The summed E-state index contributed by atoms with van der Waals surface area (Å²) in [7, 11) is -3.72. The molecule has 27 heavy (non-hydrogen) atoms. The molecule has 5 nitrogen and oxygen atoms in total. The molecule has 2 heterocycles. The van der Waals surface area contributed by atoms with Gasteiger partial charge in [-0.1, -0.05) is 26.8 Å². The Kier molecular flexibility index (Phi) is 6.00. The van der Waals surface area contributed by atoms with Crippen LogP contribution in [0.25, 0.3) is 0 Å². The fraction of sp³-hybridized carbons (Fsp3) is 0.421. The maximum atomic E-state index is 13.1. The Hall–Kier alpha value is -1.35. The number of hydrogen-bond acceptors (Lipinski definition) is 5. The number of thioether (sulfide) groups is 1. The highest BCUT2D eigenvalue weighted by atomic mass is 32.2. The zero-order valence-electron chi connectivity index (χ0n) is 15.8. The number of amides is 1. The topological polar surface area (TPSA) is 66.5 Å². The van der Waals surface area contributed by atoms with Crippen molar-refractivity contribution in [2.45, 2.75) is 48.8 Å². The summed E-state index contributed by atoms with van der Waals surface area (Å²) < 4.78 is 28.9. The van der Waals surface area contributed by atoms with Crippen molar-refractivity contribution in [3.63, 3.8) is 0 Å². The van der Waals surface area contributed by atoms with Gasteiger partial charge in [0.1, 0.15) is 0 Å². The van der Waals surface area contributed by atoms with Crippen molar-refractivity contribution in [1.82, 2.24) is 4.72 Å². The number of carbonyl (C=O) groups excluding carboxylic acids is 1. The standard InChI is InChI=1S/C19H24N2O3S3/c1-12(2)19(18-6-5-9-25-18)20-27(23,24)15-7-8-17-16(10-15)21(14(4)22)11-13(3)26-17/h5-10,12-13,19-20H,11H2,1-4H3/t13-,19+/m1/s1. The molecule has 0 saturated heterocycles. The highest BCUT2D eigenvalue weighted by Gasteiger charge is 2.29. The van der Waals surface area contributed by atoms with Crippen molar-refractivity contribution >= 4 is 44.7 Å². The highest BCUT2D eigenvalue weighted by molar-refractivity contribution is 8.00. The van der Waals surface area contributed by atoms with Crippen molar-refractivity contribution in [3.8, 4) is 0 Å². The van der Waals surface area contributed by atoms with E-state index >= 15 is 0 Å². The van der Waals surface area contributed by atoms with Crippen molar-refractivity contribution in [2.24, 2.45) is 5.92 Å². The molecule has 1 aliphatic heterocycles. The SMILES string of the molecule is CC(=O)N1C[C@@H](C)Sc2ccc(S(=O)(=O)N[C@H](c3cccs3)C(C)C)cc21. The molecule has 2 aromatic rings. The lowest BCUT2D eigenvalue weighted by atomic mass is 10.0. The molecule has 1 aliphatic rings. The Morgan fingerprint density at radius 2 is 2.04 bits per heavy atom. The summed E-state index contributed by atoms with van der Waals surface area (Å²) in [5.74, 6) is 0.0331. The zero-order valence-corrected chi connectivity index (χ0v) is 18.2. The number of nitrogens with one attached hydrogen (secondary N) is 1. The first-order valence-electron chi connectivity index (χ1n) is 8.83. The lowest BCUT2D eigenvalue weighted by Gasteiger charge is -2.32. The molecule has 2 atom stereocenters. The molecule has 0 unspecified atom stereocenters. The molecule has 0 fully saturated rings. The van der Waals surface area contributed by atoms with Gasteiger partial charge in [-0.3, -0.25) is 4.79 Å². The number of sulfonamides is 1. The maximum Gasteiger partial charge on any atom is 0.241 e. The van der Waals surface area contributed by atoms with Gasteiger partial charge in [0.15, 0.2) is 0 Å². The van der Waals surface area contributed by atoms with Crippen molar-refractivity contribution < 1.29 is 13.2 Å². The van der Waals surface area contributed by atoms with Crippen LogP contribution in [0.2, 0.25) is 0 Å². The molecule has 0 radical (unpaired) electrons. The van der Waals surface area contributed by atoms with Crippen molar-refractivity contribution in [3.05, 3.63) is 40.6 Å². The average molecular weight is 425 g/mol. The zero-order chi connectivity index (χ0) is 19.8. The summed E-state index contributed by atoms with van der Waals surface area (Å²) in [6.45, 7) is 8.14. The monoisotopic (exact) mass is 424 g/mol. The van der Waals surface area contributed by atoms with Crippen LogP contribution in [0.1, 0.15) is 38.6 Å². The van der Waals surface area contributed by atoms with E-state index in [0.717, 1.165) is 9.77 Å². The molecule has 0 spiro atoms. The fourth-order valence-corrected chi connectivity index (χ4v) is 6.61. The number of carbonyl (C=O) groups is 1. The summed E-state index contributed by atoms with van der Waals surface area (Å²) in [4.78, 5) is 15.8. The van der Waals surface area contributed by atoms with Gasteiger partial charge < -0.3 is 4.90 Å². The van der Waals surface area contributed by atoms with Gasteiger partial charge in [-0.05, 0) is 35.6 Å². The predicted molar refractivity (Wildman–Crippen MR) is 112 cm³/mol. The van der Waals surface area contributed by atoms with Gasteiger partial charge in [0, 0.05) is 28.5 Å². The van der Waals surface area contributed by atoms with E-state index in [-0.39, 0.29) is 28.0 Å².